The van der Waals surface area contributed by atoms with E-state index in [0.29, 0.717) is 30.8 Å². The third kappa shape index (κ3) is 4.70. The van der Waals surface area contributed by atoms with E-state index < -0.39 is 10.0 Å². The van der Waals surface area contributed by atoms with Gasteiger partial charge in [0.05, 0.1) is 23.5 Å². The molecular weight excluding hydrogens is 328 g/mol. The molecule has 0 aromatic heterocycles. The van der Waals surface area contributed by atoms with E-state index in [1.165, 1.54) is 4.31 Å². The van der Waals surface area contributed by atoms with E-state index in [9.17, 15) is 13.2 Å². The lowest BCUT2D eigenvalue weighted by molar-refractivity contribution is -0.120. The van der Waals surface area contributed by atoms with Gasteiger partial charge in [0.2, 0.25) is 15.9 Å². The van der Waals surface area contributed by atoms with Crippen LogP contribution in [0.25, 0.3) is 0 Å². The summed E-state index contributed by atoms with van der Waals surface area (Å²) < 4.78 is 31.2. The van der Waals surface area contributed by atoms with Gasteiger partial charge in [-0.3, -0.25) is 4.79 Å². The smallest absolute Gasteiger partial charge is 0.228 e. The van der Waals surface area contributed by atoms with E-state index in [4.69, 9.17) is 4.74 Å². The standard InChI is InChI=1S/C17H26N2O4S/c1-4-24(21,22)19-11-7-8-14(12-19)17(20)18-15-9-5-6-10-16(15)23-13(2)3/h5-6,9-10,13-14H,4,7-8,11-12H2,1-3H3,(H,18,20)/t14-/m0/s1. The normalized spacial score (nSPS) is 19.2. The van der Waals surface area contributed by atoms with Crippen molar-refractivity contribution >= 4 is 21.6 Å². The van der Waals surface area contributed by atoms with E-state index in [1.54, 1.807) is 13.0 Å². The van der Waals surface area contributed by atoms with Gasteiger partial charge in [-0.2, -0.15) is 0 Å². The van der Waals surface area contributed by atoms with Gasteiger partial charge in [-0.1, -0.05) is 12.1 Å². The Morgan fingerprint density at radius 1 is 1.38 bits per heavy atom. The van der Waals surface area contributed by atoms with E-state index in [-0.39, 0.29) is 30.2 Å². The highest BCUT2D eigenvalue weighted by Crippen LogP contribution is 2.27. The number of para-hydroxylation sites is 2. The van der Waals surface area contributed by atoms with Crippen LogP contribution in [0.1, 0.15) is 33.6 Å². The van der Waals surface area contributed by atoms with Crippen molar-refractivity contribution in [3.63, 3.8) is 0 Å². The highest BCUT2D eigenvalue weighted by Gasteiger charge is 2.31. The Labute approximate surface area is 144 Å². The van der Waals surface area contributed by atoms with Crippen LogP contribution >= 0.6 is 0 Å². The van der Waals surface area contributed by atoms with Crippen LogP contribution in [0.5, 0.6) is 5.75 Å². The number of hydrogen-bond acceptors (Lipinski definition) is 4. The van der Waals surface area contributed by atoms with Crippen LogP contribution in [0, 0.1) is 5.92 Å². The quantitative estimate of drug-likeness (QED) is 0.851. The van der Waals surface area contributed by atoms with Gasteiger partial charge in [0.15, 0.2) is 0 Å². The molecule has 7 heteroatoms. The molecule has 0 aliphatic carbocycles. The van der Waals surface area contributed by atoms with Crippen LogP contribution in [0.4, 0.5) is 5.69 Å². The minimum absolute atomic E-state index is 0.00270. The molecule has 24 heavy (non-hydrogen) atoms. The van der Waals surface area contributed by atoms with Crippen molar-refractivity contribution in [1.82, 2.24) is 4.31 Å². The van der Waals surface area contributed by atoms with Crippen molar-refractivity contribution < 1.29 is 17.9 Å². The summed E-state index contributed by atoms with van der Waals surface area (Å²) in [6, 6.07) is 7.28. The van der Waals surface area contributed by atoms with Crippen LogP contribution < -0.4 is 10.1 Å². The van der Waals surface area contributed by atoms with E-state index in [1.807, 2.05) is 32.0 Å². The molecule has 1 aliphatic heterocycles. The summed E-state index contributed by atoms with van der Waals surface area (Å²) in [7, 11) is -3.26. The third-order valence-electron chi connectivity index (χ3n) is 4.02. The Kier molecular flexibility index (Phi) is 6.23. The van der Waals surface area contributed by atoms with Crippen molar-refractivity contribution in [2.45, 2.75) is 39.7 Å². The minimum Gasteiger partial charge on any atom is -0.489 e. The number of anilines is 1. The molecule has 1 fully saturated rings. The van der Waals surface area contributed by atoms with Crippen LogP contribution in [0.15, 0.2) is 24.3 Å². The summed E-state index contributed by atoms with van der Waals surface area (Å²) in [5, 5.41) is 2.89. The Morgan fingerprint density at radius 2 is 2.08 bits per heavy atom. The number of ether oxygens (including phenoxy) is 1. The van der Waals surface area contributed by atoms with Gasteiger partial charge in [-0.05, 0) is 45.7 Å². The molecule has 1 aliphatic rings. The van der Waals surface area contributed by atoms with Crippen molar-refractivity contribution in [1.29, 1.82) is 0 Å². The second-order valence-electron chi connectivity index (χ2n) is 6.25. The number of nitrogens with zero attached hydrogens (tertiary/aromatic N) is 1. The molecule has 2 rings (SSSR count). The first-order valence-electron chi connectivity index (χ1n) is 8.38. The van der Waals surface area contributed by atoms with Gasteiger partial charge >= 0.3 is 0 Å². The number of rotatable bonds is 6. The maximum atomic E-state index is 12.6. The number of hydrogen-bond donors (Lipinski definition) is 1. The Hall–Kier alpha value is -1.60. The second kappa shape index (κ2) is 7.98. The first-order chi connectivity index (χ1) is 11.3. The summed E-state index contributed by atoms with van der Waals surface area (Å²) in [6.45, 7) is 6.21. The lowest BCUT2D eigenvalue weighted by atomic mass is 9.98. The minimum atomic E-state index is -3.26. The maximum Gasteiger partial charge on any atom is 0.228 e. The summed E-state index contributed by atoms with van der Waals surface area (Å²) >= 11 is 0. The van der Waals surface area contributed by atoms with Crippen molar-refractivity contribution in [3.8, 4) is 5.75 Å². The number of amides is 1. The largest absolute Gasteiger partial charge is 0.489 e. The summed E-state index contributed by atoms with van der Waals surface area (Å²) in [4.78, 5) is 12.6. The molecule has 1 N–H and O–H groups in total. The maximum absolute atomic E-state index is 12.6. The molecule has 0 radical (unpaired) electrons. The lowest BCUT2D eigenvalue weighted by Gasteiger charge is -2.31. The molecule has 6 nitrogen and oxygen atoms in total. The molecule has 1 heterocycles. The zero-order chi connectivity index (χ0) is 17.7. The highest BCUT2D eigenvalue weighted by atomic mass is 32.2. The molecule has 0 unspecified atom stereocenters. The number of carbonyl (C=O) groups is 1. The molecule has 0 bridgehead atoms. The molecule has 1 aromatic rings. The van der Waals surface area contributed by atoms with Crippen LogP contribution in [0.2, 0.25) is 0 Å². The van der Waals surface area contributed by atoms with Crippen LogP contribution in [0.3, 0.4) is 0 Å². The molecule has 0 spiro atoms. The zero-order valence-corrected chi connectivity index (χ0v) is 15.3. The fraction of sp³-hybridized carbons (Fsp3) is 0.588. The molecule has 1 saturated heterocycles. The van der Waals surface area contributed by atoms with Crippen molar-refractivity contribution in [2.75, 3.05) is 24.2 Å². The predicted molar refractivity (Wildman–Crippen MR) is 94.6 cm³/mol. The Balaban J connectivity index is 2.07. The van der Waals surface area contributed by atoms with E-state index >= 15 is 0 Å². The van der Waals surface area contributed by atoms with E-state index in [2.05, 4.69) is 5.32 Å². The van der Waals surface area contributed by atoms with E-state index in [0.717, 1.165) is 0 Å². The van der Waals surface area contributed by atoms with Crippen molar-refractivity contribution in [3.05, 3.63) is 24.3 Å². The third-order valence-corrected chi connectivity index (χ3v) is 5.87. The van der Waals surface area contributed by atoms with Gasteiger partial charge in [0, 0.05) is 13.1 Å². The van der Waals surface area contributed by atoms with Crippen molar-refractivity contribution in [2.24, 2.45) is 5.92 Å². The van der Waals surface area contributed by atoms with Gasteiger partial charge in [-0.15, -0.1) is 0 Å². The number of nitrogens with one attached hydrogen (secondary N) is 1. The molecule has 1 amide bonds. The molecule has 1 aromatic carbocycles. The SMILES string of the molecule is CCS(=O)(=O)N1CCC[C@H](C(=O)Nc2ccccc2OC(C)C)C1. The second-order valence-corrected chi connectivity index (χ2v) is 8.51. The lowest BCUT2D eigenvalue weighted by Crippen LogP contribution is -2.44. The Bertz CT molecular complexity index is 673. The summed E-state index contributed by atoms with van der Waals surface area (Å²) in [5.41, 5.74) is 0.617. The summed E-state index contributed by atoms with van der Waals surface area (Å²) in [6.07, 6.45) is 1.39. The molecule has 1 atom stereocenters. The fourth-order valence-electron chi connectivity index (χ4n) is 2.75. The number of piperidine rings is 1. The zero-order valence-electron chi connectivity index (χ0n) is 14.5. The van der Waals surface area contributed by atoms with Gasteiger partial charge in [0.25, 0.3) is 0 Å². The van der Waals surface area contributed by atoms with Crippen LogP contribution in [-0.4, -0.2) is 43.6 Å². The predicted octanol–water partition coefficient (Wildman–Crippen LogP) is 2.47. The monoisotopic (exact) mass is 354 g/mol. The molecule has 0 saturated carbocycles. The molecular formula is C17H26N2O4S. The Morgan fingerprint density at radius 3 is 2.75 bits per heavy atom. The first-order valence-corrected chi connectivity index (χ1v) is 9.98. The van der Waals surface area contributed by atoms with Gasteiger partial charge in [0.1, 0.15) is 5.75 Å². The van der Waals surface area contributed by atoms with Crippen LogP contribution in [-0.2, 0) is 14.8 Å². The van der Waals surface area contributed by atoms with Gasteiger partial charge in [-0.25, -0.2) is 12.7 Å². The molecule has 134 valence electrons. The number of carbonyl (C=O) groups excluding carboxylic acids is 1. The number of benzene rings is 1. The topological polar surface area (TPSA) is 75.7 Å². The van der Waals surface area contributed by atoms with Gasteiger partial charge < -0.3 is 10.1 Å². The fourth-order valence-corrected chi connectivity index (χ4v) is 3.93. The first kappa shape index (κ1) is 18.7. The summed E-state index contributed by atoms with van der Waals surface area (Å²) in [5.74, 6) is 0.180. The average molecular weight is 354 g/mol. The average Bonchev–Trinajstić information content (AvgIpc) is 2.56. The highest BCUT2D eigenvalue weighted by molar-refractivity contribution is 7.89. The number of sulfonamides is 1.